The number of esters is 1. The second-order valence-electron chi connectivity index (χ2n) is 4.12. The maximum Gasteiger partial charge on any atom is 0.343 e. The predicted molar refractivity (Wildman–Crippen MR) is 77.5 cm³/mol. The number of ether oxygens (including phenoxy) is 4. The average molecular weight is 288 g/mol. The van der Waals surface area contributed by atoms with E-state index in [1.165, 1.54) is 21.3 Å². The summed E-state index contributed by atoms with van der Waals surface area (Å²) in [5.41, 5.74) is 0.313. The number of hydrogen-bond donors (Lipinski definition) is 0. The number of carbonyl (C=O) groups excluding carboxylic acids is 1. The van der Waals surface area contributed by atoms with E-state index >= 15 is 0 Å². The van der Waals surface area contributed by atoms with Crippen LogP contribution in [0.25, 0.3) is 0 Å². The van der Waals surface area contributed by atoms with E-state index < -0.39 is 5.97 Å². The van der Waals surface area contributed by atoms with Crippen LogP contribution in [0.1, 0.15) is 10.4 Å². The lowest BCUT2D eigenvalue weighted by molar-refractivity contribution is 0.0734. The number of carbonyl (C=O) groups is 1. The minimum absolute atomic E-state index is 0.313. The molecule has 2 aromatic rings. The third-order valence-corrected chi connectivity index (χ3v) is 2.85. The zero-order valence-electron chi connectivity index (χ0n) is 12.1. The predicted octanol–water partition coefficient (Wildman–Crippen LogP) is 2.93. The number of benzene rings is 2. The Morgan fingerprint density at radius 2 is 1.43 bits per heavy atom. The highest BCUT2D eigenvalue weighted by Gasteiger charge is 2.18. The van der Waals surface area contributed by atoms with Gasteiger partial charge in [0, 0.05) is 0 Å². The lowest BCUT2D eigenvalue weighted by Gasteiger charge is -2.13. The van der Waals surface area contributed by atoms with E-state index in [0.717, 1.165) is 0 Å². The molecule has 0 fully saturated rings. The molecule has 0 radical (unpaired) electrons. The van der Waals surface area contributed by atoms with Crippen LogP contribution in [0, 0.1) is 0 Å². The molecule has 0 unspecified atom stereocenters. The summed E-state index contributed by atoms with van der Waals surface area (Å²) in [4.78, 5) is 12.2. The molecule has 21 heavy (non-hydrogen) atoms. The number of rotatable bonds is 5. The molecule has 0 aliphatic carbocycles. The molecule has 0 N–H and O–H groups in total. The van der Waals surface area contributed by atoms with E-state index in [0.29, 0.717) is 28.6 Å². The second kappa shape index (κ2) is 6.65. The Morgan fingerprint density at radius 1 is 0.857 bits per heavy atom. The fourth-order valence-corrected chi connectivity index (χ4v) is 1.85. The van der Waals surface area contributed by atoms with Gasteiger partial charge in [0.25, 0.3) is 0 Å². The Morgan fingerprint density at radius 3 is 1.90 bits per heavy atom. The van der Waals surface area contributed by atoms with Gasteiger partial charge in [-0.05, 0) is 24.3 Å². The summed E-state index contributed by atoms with van der Waals surface area (Å²) >= 11 is 0. The molecular weight excluding hydrogens is 272 g/mol. The molecule has 110 valence electrons. The second-order valence-corrected chi connectivity index (χ2v) is 4.12. The van der Waals surface area contributed by atoms with Crippen molar-refractivity contribution in [1.29, 1.82) is 0 Å². The van der Waals surface area contributed by atoms with E-state index in [1.807, 2.05) is 6.07 Å². The topological polar surface area (TPSA) is 54.0 Å². The fourth-order valence-electron chi connectivity index (χ4n) is 1.85. The molecule has 0 saturated heterocycles. The number of methoxy groups -OCH3 is 3. The first-order valence-electron chi connectivity index (χ1n) is 6.26. The Hall–Kier alpha value is -2.69. The van der Waals surface area contributed by atoms with E-state index in [1.54, 1.807) is 36.4 Å². The average Bonchev–Trinajstić information content (AvgIpc) is 2.54. The Balaban J connectivity index is 2.33. The molecule has 0 aromatic heterocycles. The highest BCUT2D eigenvalue weighted by molar-refractivity contribution is 5.92. The summed E-state index contributed by atoms with van der Waals surface area (Å²) in [5.74, 6) is 1.20. The molecule has 0 bridgehead atoms. The van der Waals surface area contributed by atoms with Gasteiger partial charge in [-0.2, -0.15) is 0 Å². The molecule has 5 nitrogen and oxygen atoms in total. The summed E-state index contributed by atoms with van der Waals surface area (Å²) < 4.78 is 20.9. The first kappa shape index (κ1) is 14.7. The summed E-state index contributed by atoms with van der Waals surface area (Å²) in [6, 6.07) is 11.9. The van der Waals surface area contributed by atoms with Crippen LogP contribution < -0.4 is 18.9 Å². The smallest absolute Gasteiger partial charge is 0.343 e. The minimum Gasteiger partial charge on any atom is -0.493 e. The van der Waals surface area contributed by atoms with Gasteiger partial charge < -0.3 is 18.9 Å². The van der Waals surface area contributed by atoms with Crippen molar-refractivity contribution >= 4 is 5.97 Å². The summed E-state index contributed by atoms with van der Waals surface area (Å²) in [7, 11) is 4.48. The molecule has 0 heterocycles. The highest BCUT2D eigenvalue weighted by atomic mass is 16.5. The van der Waals surface area contributed by atoms with E-state index in [9.17, 15) is 4.79 Å². The molecule has 2 aromatic carbocycles. The SMILES string of the molecule is COc1cc(C(=O)Oc2ccccc2)cc(OC)c1OC. The van der Waals surface area contributed by atoms with Crippen molar-refractivity contribution in [3.63, 3.8) is 0 Å². The molecule has 0 atom stereocenters. The van der Waals surface area contributed by atoms with E-state index in [4.69, 9.17) is 18.9 Å². The van der Waals surface area contributed by atoms with Crippen LogP contribution in [-0.4, -0.2) is 27.3 Å². The third kappa shape index (κ3) is 3.25. The molecule has 2 rings (SSSR count). The Labute approximate surface area is 123 Å². The van der Waals surface area contributed by atoms with Crippen LogP contribution in [0.5, 0.6) is 23.0 Å². The van der Waals surface area contributed by atoms with Crippen molar-refractivity contribution in [3.8, 4) is 23.0 Å². The summed E-state index contributed by atoms with van der Waals surface area (Å²) in [5, 5.41) is 0. The molecule has 5 heteroatoms. The highest BCUT2D eigenvalue weighted by Crippen LogP contribution is 2.38. The quantitative estimate of drug-likeness (QED) is 0.625. The van der Waals surface area contributed by atoms with Crippen molar-refractivity contribution in [2.45, 2.75) is 0 Å². The zero-order valence-corrected chi connectivity index (χ0v) is 12.1. The van der Waals surface area contributed by atoms with Crippen molar-refractivity contribution in [2.24, 2.45) is 0 Å². The van der Waals surface area contributed by atoms with Crippen LogP contribution in [0.15, 0.2) is 42.5 Å². The number of hydrogen-bond acceptors (Lipinski definition) is 5. The van der Waals surface area contributed by atoms with Crippen LogP contribution >= 0.6 is 0 Å². The number of para-hydroxylation sites is 1. The molecule has 0 spiro atoms. The van der Waals surface area contributed by atoms with Crippen molar-refractivity contribution < 1.29 is 23.7 Å². The summed E-state index contributed by atoms with van der Waals surface area (Å²) in [6.45, 7) is 0. The normalized spacial score (nSPS) is 9.86. The van der Waals surface area contributed by atoms with Crippen LogP contribution in [0.4, 0.5) is 0 Å². The fraction of sp³-hybridized carbons (Fsp3) is 0.188. The van der Waals surface area contributed by atoms with Gasteiger partial charge in [0.1, 0.15) is 5.75 Å². The largest absolute Gasteiger partial charge is 0.493 e. The molecule has 0 saturated carbocycles. The van der Waals surface area contributed by atoms with E-state index in [-0.39, 0.29) is 0 Å². The van der Waals surface area contributed by atoms with Crippen LogP contribution in [-0.2, 0) is 0 Å². The maximum absolute atomic E-state index is 12.2. The van der Waals surface area contributed by atoms with Gasteiger partial charge in [-0.15, -0.1) is 0 Å². The zero-order chi connectivity index (χ0) is 15.2. The van der Waals surface area contributed by atoms with Crippen molar-refractivity contribution in [1.82, 2.24) is 0 Å². The first-order valence-corrected chi connectivity index (χ1v) is 6.26. The van der Waals surface area contributed by atoms with Crippen molar-refractivity contribution in [2.75, 3.05) is 21.3 Å². The monoisotopic (exact) mass is 288 g/mol. The van der Waals surface area contributed by atoms with Gasteiger partial charge >= 0.3 is 5.97 Å². The van der Waals surface area contributed by atoms with Gasteiger partial charge in [-0.1, -0.05) is 18.2 Å². The maximum atomic E-state index is 12.2. The van der Waals surface area contributed by atoms with Gasteiger partial charge in [0.2, 0.25) is 5.75 Å². The third-order valence-electron chi connectivity index (χ3n) is 2.85. The van der Waals surface area contributed by atoms with Crippen LogP contribution in [0.3, 0.4) is 0 Å². The lowest BCUT2D eigenvalue weighted by atomic mass is 10.2. The molecule has 0 aliphatic heterocycles. The molecule has 0 amide bonds. The molecular formula is C16H16O5. The summed E-state index contributed by atoms with van der Waals surface area (Å²) in [6.07, 6.45) is 0. The standard InChI is InChI=1S/C16H16O5/c1-18-13-9-11(10-14(19-2)15(13)20-3)16(17)21-12-7-5-4-6-8-12/h4-10H,1-3H3. The Bertz CT molecular complexity index is 597. The van der Waals surface area contributed by atoms with Crippen LogP contribution in [0.2, 0.25) is 0 Å². The minimum atomic E-state index is -0.500. The molecule has 0 aliphatic rings. The van der Waals surface area contributed by atoms with E-state index in [2.05, 4.69) is 0 Å². The lowest BCUT2D eigenvalue weighted by Crippen LogP contribution is -2.09. The Kier molecular flexibility index (Phi) is 4.66. The van der Waals surface area contributed by atoms with Gasteiger partial charge in [-0.3, -0.25) is 0 Å². The van der Waals surface area contributed by atoms with Gasteiger partial charge in [0.05, 0.1) is 26.9 Å². The van der Waals surface area contributed by atoms with Gasteiger partial charge in [-0.25, -0.2) is 4.79 Å². The van der Waals surface area contributed by atoms with Crippen molar-refractivity contribution in [3.05, 3.63) is 48.0 Å². The first-order chi connectivity index (χ1) is 10.2. The van der Waals surface area contributed by atoms with Gasteiger partial charge in [0.15, 0.2) is 11.5 Å².